The molecule has 3 atom stereocenters. The lowest BCUT2D eigenvalue weighted by Gasteiger charge is -2.38. The number of nitrogens with one attached hydrogen (secondary N) is 1. The third kappa shape index (κ3) is 4.50. The SMILES string of the molecule is CNC(CCN1CC(C)OC(C)C1)C(C)(C)OC. The summed E-state index contributed by atoms with van der Waals surface area (Å²) in [5.74, 6) is 0. The molecule has 1 aliphatic rings. The van der Waals surface area contributed by atoms with Crippen LogP contribution in [-0.4, -0.2) is 62.5 Å². The van der Waals surface area contributed by atoms with Crippen molar-refractivity contribution in [3.63, 3.8) is 0 Å². The minimum absolute atomic E-state index is 0.127. The standard InChI is InChI=1S/C14H30N2O2/c1-11-9-16(10-12(2)18-11)8-7-13(15-5)14(3,4)17-6/h11-13,15H,7-10H2,1-6H3. The number of hydrogen-bond acceptors (Lipinski definition) is 4. The molecule has 1 fully saturated rings. The molecule has 1 saturated heterocycles. The Balaban J connectivity index is 2.43. The molecule has 0 radical (unpaired) electrons. The summed E-state index contributed by atoms with van der Waals surface area (Å²) in [6.45, 7) is 11.7. The second-order valence-electron chi connectivity index (χ2n) is 5.95. The van der Waals surface area contributed by atoms with Crippen molar-refractivity contribution < 1.29 is 9.47 Å². The van der Waals surface area contributed by atoms with Crippen molar-refractivity contribution >= 4 is 0 Å². The van der Waals surface area contributed by atoms with Crippen molar-refractivity contribution in [2.45, 2.75) is 58.0 Å². The Bertz CT molecular complexity index is 236. The number of rotatable bonds is 6. The molecule has 18 heavy (non-hydrogen) atoms. The van der Waals surface area contributed by atoms with Crippen LogP contribution in [-0.2, 0) is 9.47 Å². The van der Waals surface area contributed by atoms with Crippen LogP contribution < -0.4 is 5.32 Å². The average Bonchev–Trinajstić information content (AvgIpc) is 2.28. The van der Waals surface area contributed by atoms with Crippen molar-refractivity contribution in [1.82, 2.24) is 10.2 Å². The number of morpholine rings is 1. The predicted molar refractivity (Wildman–Crippen MR) is 75.0 cm³/mol. The summed E-state index contributed by atoms with van der Waals surface area (Å²) < 4.78 is 11.3. The molecule has 0 aliphatic carbocycles. The van der Waals surface area contributed by atoms with Gasteiger partial charge in [0.1, 0.15) is 0 Å². The van der Waals surface area contributed by atoms with Gasteiger partial charge in [-0.25, -0.2) is 0 Å². The van der Waals surface area contributed by atoms with Crippen LogP contribution in [0.2, 0.25) is 0 Å². The lowest BCUT2D eigenvalue weighted by Crippen LogP contribution is -2.51. The highest BCUT2D eigenvalue weighted by Gasteiger charge is 2.29. The predicted octanol–water partition coefficient (Wildman–Crippen LogP) is 1.50. The highest BCUT2D eigenvalue weighted by atomic mass is 16.5. The summed E-state index contributed by atoms with van der Waals surface area (Å²) in [4.78, 5) is 2.49. The summed E-state index contributed by atoms with van der Waals surface area (Å²) in [6.07, 6.45) is 1.78. The Morgan fingerprint density at radius 1 is 1.33 bits per heavy atom. The highest BCUT2D eigenvalue weighted by molar-refractivity contribution is 4.86. The molecule has 0 aromatic carbocycles. The summed E-state index contributed by atoms with van der Waals surface area (Å²) >= 11 is 0. The second-order valence-corrected chi connectivity index (χ2v) is 5.95. The fourth-order valence-electron chi connectivity index (χ4n) is 2.76. The van der Waals surface area contributed by atoms with Gasteiger partial charge in [-0.15, -0.1) is 0 Å². The Kier molecular flexibility index (Phi) is 6.05. The van der Waals surface area contributed by atoms with E-state index in [0.717, 1.165) is 26.1 Å². The van der Waals surface area contributed by atoms with Gasteiger partial charge in [-0.3, -0.25) is 4.90 Å². The van der Waals surface area contributed by atoms with E-state index in [-0.39, 0.29) is 5.60 Å². The third-order valence-electron chi connectivity index (χ3n) is 3.94. The molecule has 4 nitrogen and oxygen atoms in total. The zero-order chi connectivity index (χ0) is 13.8. The number of ether oxygens (including phenoxy) is 2. The second kappa shape index (κ2) is 6.85. The van der Waals surface area contributed by atoms with E-state index in [9.17, 15) is 0 Å². The van der Waals surface area contributed by atoms with E-state index in [1.165, 1.54) is 0 Å². The molecule has 1 N–H and O–H groups in total. The quantitative estimate of drug-likeness (QED) is 0.783. The molecule has 0 saturated carbocycles. The molecule has 0 spiro atoms. The van der Waals surface area contributed by atoms with Gasteiger partial charge in [0, 0.05) is 26.2 Å². The largest absolute Gasteiger partial charge is 0.377 e. The molecule has 3 unspecified atom stereocenters. The van der Waals surface area contributed by atoms with Crippen LogP contribution in [0.3, 0.4) is 0 Å². The Morgan fingerprint density at radius 3 is 2.33 bits per heavy atom. The third-order valence-corrected chi connectivity index (χ3v) is 3.94. The van der Waals surface area contributed by atoms with Crippen LogP contribution in [0, 0.1) is 0 Å². The van der Waals surface area contributed by atoms with E-state index in [4.69, 9.17) is 9.47 Å². The lowest BCUT2D eigenvalue weighted by molar-refractivity contribution is -0.0717. The average molecular weight is 258 g/mol. The lowest BCUT2D eigenvalue weighted by atomic mass is 9.95. The number of hydrogen-bond donors (Lipinski definition) is 1. The number of methoxy groups -OCH3 is 1. The number of likely N-dealkylation sites (N-methyl/N-ethyl adjacent to an activating group) is 1. The molecule has 0 aromatic rings. The monoisotopic (exact) mass is 258 g/mol. The minimum atomic E-state index is -0.127. The van der Waals surface area contributed by atoms with Crippen molar-refractivity contribution in [3.05, 3.63) is 0 Å². The maximum absolute atomic E-state index is 5.76. The highest BCUT2D eigenvalue weighted by Crippen LogP contribution is 2.18. The van der Waals surface area contributed by atoms with Crippen molar-refractivity contribution in [1.29, 1.82) is 0 Å². The summed E-state index contributed by atoms with van der Waals surface area (Å²) in [5, 5.41) is 3.37. The van der Waals surface area contributed by atoms with Crippen molar-refractivity contribution in [2.24, 2.45) is 0 Å². The molecule has 0 amide bonds. The smallest absolute Gasteiger partial charge is 0.0775 e. The van der Waals surface area contributed by atoms with Gasteiger partial charge in [0.15, 0.2) is 0 Å². The van der Waals surface area contributed by atoms with Crippen molar-refractivity contribution in [2.75, 3.05) is 33.8 Å². The molecular formula is C14H30N2O2. The first-order valence-electron chi connectivity index (χ1n) is 6.99. The minimum Gasteiger partial charge on any atom is -0.377 e. The van der Waals surface area contributed by atoms with Crippen molar-refractivity contribution in [3.8, 4) is 0 Å². The summed E-state index contributed by atoms with van der Waals surface area (Å²) in [5.41, 5.74) is -0.127. The van der Waals surface area contributed by atoms with E-state index in [1.807, 2.05) is 7.05 Å². The molecule has 0 aromatic heterocycles. The van der Waals surface area contributed by atoms with Gasteiger partial charge in [0.2, 0.25) is 0 Å². The topological polar surface area (TPSA) is 33.7 Å². The Labute approximate surface area is 112 Å². The summed E-state index contributed by atoms with van der Waals surface area (Å²) in [7, 11) is 3.79. The molecule has 108 valence electrons. The van der Waals surface area contributed by atoms with Gasteiger partial charge in [0.05, 0.1) is 17.8 Å². The van der Waals surface area contributed by atoms with Crippen LogP contribution in [0.15, 0.2) is 0 Å². The van der Waals surface area contributed by atoms with E-state index in [2.05, 4.69) is 37.9 Å². The van der Waals surface area contributed by atoms with Gasteiger partial charge in [-0.2, -0.15) is 0 Å². The Morgan fingerprint density at radius 2 is 1.89 bits per heavy atom. The fourth-order valence-corrected chi connectivity index (χ4v) is 2.76. The molecule has 1 rings (SSSR count). The molecule has 0 bridgehead atoms. The number of nitrogens with zero attached hydrogens (tertiary/aromatic N) is 1. The van der Waals surface area contributed by atoms with Crippen LogP contribution in [0.5, 0.6) is 0 Å². The first kappa shape index (κ1) is 15.9. The van der Waals surface area contributed by atoms with Crippen LogP contribution in [0.4, 0.5) is 0 Å². The van der Waals surface area contributed by atoms with Gasteiger partial charge >= 0.3 is 0 Å². The van der Waals surface area contributed by atoms with Gasteiger partial charge < -0.3 is 14.8 Å². The maximum Gasteiger partial charge on any atom is 0.0775 e. The van der Waals surface area contributed by atoms with E-state index in [0.29, 0.717) is 18.2 Å². The molecular weight excluding hydrogens is 228 g/mol. The van der Waals surface area contributed by atoms with Crippen LogP contribution in [0.25, 0.3) is 0 Å². The normalized spacial score (nSPS) is 28.3. The maximum atomic E-state index is 5.76. The zero-order valence-electron chi connectivity index (χ0n) is 12.8. The first-order valence-corrected chi connectivity index (χ1v) is 6.99. The molecule has 4 heteroatoms. The fraction of sp³-hybridized carbons (Fsp3) is 1.00. The van der Waals surface area contributed by atoms with Crippen LogP contribution in [0.1, 0.15) is 34.1 Å². The van der Waals surface area contributed by atoms with Gasteiger partial charge in [0.25, 0.3) is 0 Å². The van der Waals surface area contributed by atoms with E-state index < -0.39 is 0 Å². The first-order chi connectivity index (χ1) is 8.39. The Hall–Kier alpha value is -0.160. The van der Waals surface area contributed by atoms with Gasteiger partial charge in [-0.05, 0) is 47.7 Å². The molecule has 1 heterocycles. The summed E-state index contributed by atoms with van der Waals surface area (Å²) in [6, 6.07) is 0.371. The molecule has 1 aliphatic heterocycles. The van der Waals surface area contributed by atoms with Gasteiger partial charge in [-0.1, -0.05) is 0 Å². The van der Waals surface area contributed by atoms with E-state index >= 15 is 0 Å². The van der Waals surface area contributed by atoms with Crippen LogP contribution >= 0.6 is 0 Å². The zero-order valence-corrected chi connectivity index (χ0v) is 12.8. The van der Waals surface area contributed by atoms with E-state index in [1.54, 1.807) is 7.11 Å².